The van der Waals surface area contributed by atoms with Gasteiger partial charge >= 0.3 is 5.97 Å². The molecule has 2 N–H and O–H groups in total. The zero-order chi connectivity index (χ0) is 25.9. The molecule has 3 aromatic rings. The van der Waals surface area contributed by atoms with Gasteiger partial charge in [0, 0.05) is 24.5 Å². The highest BCUT2D eigenvalue weighted by Crippen LogP contribution is 2.42. The Kier molecular flexibility index (Phi) is 6.87. The van der Waals surface area contributed by atoms with Crippen LogP contribution in [0.15, 0.2) is 72.8 Å². The average Bonchev–Trinajstić information content (AvgIpc) is 3.20. The molecule has 9 heteroatoms. The Morgan fingerprint density at radius 3 is 2.57 bits per heavy atom. The average molecular weight is 503 g/mol. The largest absolute Gasteiger partial charge is 0.462 e. The first-order chi connectivity index (χ1) is 17.9. The predicted molar refractivity (Wildman–Crippen MR) is 136 cm³/mol. The minimum Gasteiger partial charge on any atom is -0.462 e. The third-order valence-electron chi connectivity index (χ3n) is 6.56. The summed E-state index contributed by atoms with van der Waals surface area (Å²) in [7, 11) is 0. The van der Waals surface area contributed by atoms with E-state index in [1.165, 1.54) is 17.1 Å². The van der Waals surface area contributed by atoms with Crippen molar-refractivity contribution in [3.8, 4) is 0 Å². The molecule has 2 unspecified atom stereocenters. The topological polar surface area (TPSA) is 91.0 Å². The Balaban J connectivity index is 1.29. The molecule has 0 aromatic heterocycles. The van der Waals surface area contributed by atoms with E-state index < -0.39 is 23.8 Å². The summed E-state index contributed by atoms with van der Waals surface area (Å²) < 4.78 is 19.2. The van der Waals surface area contributed by atoms with Gasteiger partial charge in [-0.3, -0.25) is 14.6 Å². The van der Waals surface area contributed by atoms with Gasteiger partial charge in [-0.25, -0.2) is 14.6 Å². The van der Waals surface area contributed by atoms with Crippen molar-refractivity contribution in [2.24, 2.45) is 5.92 Å². The molecule has 1 saturated heterocycles. The highest BCUT2D eigenvalue weighted by atomic mass is 19.1. The van der Waals surface area contributed by atoms with E-state index in [1.54, 1.807) is 37.3 Å². The Morgan fingerprint density at radius 2 is 1.84 bits per heavy atom. The lowest BCUT2D eigenvalue weighted by atomic mass is 9.88. The van der Waals surface area contributed by atoms with Gasteiger partial charge in [-0.1, -0.05) is 30.3 Å². The maximum atomic E-state index is 14.2. The van der Waals surface area contributed by atoms with Crippen LogP contribution in [0.4, 0.5) is 15.8 Å². The number of fused-ring (bicyclic) bond motifs is 3. The van der Waals surface area contributed by atoms with E-state index in [2.05, 4.69) is 15.6 Å². The lowest BCUT2D eigenvalue weighted by molar-refractivity contribution is -0.135. The number of rotatable bonds is 7. The lowest BCUT2D eigenvalue weighted by Crippen LogP contribution is -2.41. The first-order valence-electron chi connectivity index (χ1n) is 12.2. The highest BCUT2D eigenvalue weighted by Gasteiger charge is 2.46. The van der Waals surface area contributed by atoms with Crippen LogP contribution in [-0.2, 0) is 20.9 Å². The van der Waals surface area contributed by atoms with Gasteiger partial charge in [-0.05, 0) is 60.5 Å². The number of hydrogen-bond donors (Lipinski definition) is 2. The fraction of sp³-hybridized carbons (Fsp3) is 0.250. The van der Waals surface area contributed by atoms with Crippen molar-refractivity contribution in [1.29, 1.82) is 0 Å². The molecule has 2 atom stereocenters. The van der Waals surface area contributed by atoms with E-state index in [-0.39, 0.29) is 24.9 Å². The number of halogens is 1. The molecule has 0 saturated carbocycles. The van der Waals surface area contributed by atoms with E-state index >= 15 is 0 Å². The second kappa shape index (κ2) is 10.4. The first kappa shape index (κ1) is 24.5. The monoisotopic (exact) mass is 502 g/mol. The van der Waals surface area contributed by atoms with Crippen molar-refractivity contribution in [3.05, 3.63) is 95.3 Å². The standard InChI is InChI=1S/C28H27FN4O4/c1-2-37-28(36)19-8-11-21(12-9-19)30-25(34)17-33-27(35)23-16-32(15-18-6-4-3-5-7-18)24-13-10-20(29)14-22(24)26(23)31-33/h3-14,23,26,31H,2,15-17H2,1H3,(H,30,34). The van der Waals surface area contributed by atoms with Crippen molar-refractivity contribution in [2.45, 2.75) is 19.5 Å². The molecule has 2 aliphatic heterocycles. The molecule has 2 aliphatic rings. The minimum absolute atomic E-state index is 0.213. The Bertz CT molecular complexity index is 1320. The summed E-state index contributed by atoms with van der Waals surface area (Å²) in [5.41, 5.74) is 6.64. The molecule has 1 fully saturated rings. The van der Waals surface area contributed by atoms with Crippen LogP contribution >= 0.6 is 0 Å². The van der Waals surface area contributed by atoms with Crippen LogP contribution in [-0.4, -0.2) is 42.5 Å². The predicted octanol–water partition coefficient (Wildman–Crippen LogP) is 3.67. The molecule has 5 rings (SSSR count). The quantitative estimate of drug-likeness (QED) is 0.479. The molecule has 0 spiro atoms. The van der Waals surface area contributed by atoms with Crippen LogP contribution in [0, 0.1) is 11.7 Å². The molecule has 0 aliphatic carbocycles. The number of ether oxygens (including phenoxy) is 1. The Hall–Kier alpha value is -4.24. The SMILES string of the molecule is CCOC(=O)c1ccc(NC(=O)CN2NC3c4cc(F)ccc4N(Cc4ccccc4)CC3C2=O)cc1. The van der Waals surface area contributed by atoms with E-state index in [1.807, 2.05) is 30.3 Å². The van der Waals surface area contributed by atoms with E-state index in [0.717, 1.165) is 11.3 Å². The molecule has 190 valence electrons. The summed E-state index contributed by atoms with van der Waals surface area (Å²) in [4.78, 5) is 39.9. The van der Waals surface area contributed by atoms with Crippen LogP contribution in [0.25, 0.3) is 0 Å². The summed E-state index contributed by atoms with van der Waals surface area (Å²) >= 11 is 0. The molecule has 2 amide bonds. The normalized spacial score (nSPS) is 18.3. The van der Waals surface area contributed by atoms with Crippen LogP contribution < -0.4 is 15.6 Å². The second-order valence-corrected chi connectivity index (χ2v) is 9.05. The number of hydrogen-bond acceptors (Lipinski definition) is 6. The summed E-state index contributed by atoms with van der Waals surface area (Å²) in [6, 6.07) is 20.4. The van der Waals surface area contributed by atoms with Gasteiger partial charge in [-0.15, -0.1) is 0 Å². The maximum absolute atomic E-state index is 14.2. The van der Waals surface area contributed by atoms with E-state index in [4.69, 9.17) is 4.74 Å². The number of amides is 2. The fourth-order valence-electron chi connectivity index (χ4n) is 4.86. The highest BCUT2D eigenvalue weighted by molar-refractivity contribution is 5.96. The number of carbonyl (C=O) groups is 3. The summed E-state index contributed by atoms with van der Waals surface area (Å²) in [6.07, 6.45) is 0. The summed E-state index contributed by atoms with van der Waals surface area (Å²) in [5, 5.41) is 4.05. The molecule has 37 heavy (non-hydrogen) atoms. The van der Waals surface area contributed by atoms with Crippen LogP contribution in [0.3, 0.4) is 0 Å². The molecule has 0 radical (unpaired) electrons. The number of esters is 1. The third-order valence-corrected chi connectivity index (χ3v) is 6.56. The van der Waals surface area contributed by atoms with Gasteiger partial charge < -0.3 is 15.0 Å². The number of nitrogens with one attached hydrogen (secondary N) is 2. The van der Waals surface area contributed by atoms with Crippen molar-refractivity contribution < 1.29 is 23.5 Å². The van der Waals surface area contributed by atoms with E-state index in [9.17, 15) is 18.8 Å². The zero-order valence-electron chi connectivity index (χ0n) is 20.3. The van der Waals surface area contributed by atoms with Crippen molar-refractivity contribution in [3.63, 3.8) is 0 Å². The summed E-state index contributed by atoms with van der Waals surface area (Å²) in [6.45, 7) is 2.81. The van der Waals surface area contributed by atoms with Crippen LogP contribution in [0.2, 0.25) is 0 Å². The number of hydrazine groups is 1. The van der Waals surface area contributed by atoms with Crippen LogP contribution in [0.5, 0.6) is 0 Å². The Morgan fingerprint density at radius 1 is 1.08 bits per heavy atom. The van der Waals surface area contributed by atoms with Gasteiger partial charge in [0.25, 0.3) is 0 Å². The molecular formula is C28H27FN4O4. The zero-order valence-corrected chi connectivity index (χ0v) is 20.3. The number of carbonyl (C=O) groups excluding carboxylic acids is 3. The molecular weight excluding hydrogens is 475 g/mol. The maximum Gasteiger partial charge on any atom is 0.338 e. The third kappa shape index (κ3) is 5.17. The molecule has 0 bridgehead atoms. The Labute approximate surface area is 214 Å². The van der Waals surface area contributed by atoms with Crippen molar-refractivity contribution >= 4 is 29.2 Å². The van der Waals surface area contributed by atoms with Crippen molar-refractivity contribution in [2.75, 3.05) is 29.9 Å². The fourth-order valence-corrected chi connectivity index (χ4v) is 4.86. The lowest BCUT2D eigenvalue weighted by Gasteiger charge is -2.36. The van der Waals surface area contributed by atoms with Gasteiger partial charge in [-0.2, -0.15) is 0 Å². The van der Waals surface area contributed by atoms with Gasteiger partial charge in [0.1, 0.15) is 12.4 Å². The van der Waals surface area contributed by atoms with Crippen molar-refractivity contribution in [1.82, 2.24) is 10.4 Å². The van der Waals surface area contributed by atoms with E-state index in [0.29, 0.717) is 29.9 Å². The first-order valence-corrected chi connectivity index (χ1v) is 12.2. The van der Waals surface area contributed by atoms with Gasteiger partial charge in [0.15, 0.2) is 0 Å². The molecule has 8 nitrogen and oxygen atoms in total. The number of benzene rings is 3. The number of nitrogens with zero attached hydrogens (tertiary/aromatic N) is 2. The number of anilines is 2. The van der Waals surface area contributed by atoms with Gasteiger partial charge in [0.2, 0.25) is 11.8 Å². The molecule has 3 aromatic carbocycles. The smallest absolute Gasteiger partial charge is 0.338 e. The minimum atomic E-state index is -0.463. The molecule has 2 heterocycles. The van der Waals surface area contributed by atoms with Crippen LogP contribution in [0.1, 0.15) is 34.5 Å². The van der Waals surface area contributed by atoms with Gasteiger partial charge in [0.05, 0.1) is 24.1 Å². The second-order valence-electron chi connectivity index (χ2n) is 9.05. The summed E-state index contributed by atoms with van der Waals surface area (Å²) in [5.74, 6) is -1.90.